The zero-order valence-corrected chi connectivity index (χ0v) is 21.7. The maximum absolute atomic E-state index is 12.4. The monoisotopic (exact) mass is 517 g/mol. The lowest BCUT2D eigenvalue weighted by atomic mass is 9.96. The van der Waals surface area contributed by atoms with Crippen LogP contribution in [0.25, 0.3) is 10.8 Å². The summed E-state index contributed by atoms with van der Waals surface area (Å²) in [5.74, 6) is 0.349. The number of rotatable bonds is 6. The smallest absolute Gasteiger partial charge is 0.410 e. The van der Waals surface area contributed by atoms with Gasteiger partial charge in [0.1, 0.15) is 17.5 Å². The van der Waals surface area contributed by atoms with Gasteiger partial charge < -0.3 is 19.5 Å². The third-order valence-corrected chi connectivity index (χ3v) is 6.47. The highest BCUT2D eigenvalue weighted by Crippen LogP contribution is 2.35. The standard InChI is InChI=1S/C29H31N3O6/c1-29(2,3)38-28(34)31-13-11-23(12-14-31)37-27-6-4-5-25(32(35)36)24(27)17-26(33)21-10-9-20-8-7-19(18-30)15-22(20)16-21/h4-10,15-16,23,26,33H,11-14,17H2,1-3H3. The highest BCUT2D eigenvalue weighted by Gasteiger charge is 2.29. The van der Waals surface area contributed by atoms with Crippen LogP contribution in [0, 0.1) is 21.4 Å². The first-order valence-corrected chi connectivity index (χ1v) is 12.6. The first-order chi connectivity index (χ1) is 18.0. The number of carbonyl (C=O) groups is 1. The molecule has 1 atom stereocenters. The molecule has 1 amide bonds. The molecule has 0 radical (unpaired) electrons. The normalized spacial score (nSPS) is 15.1. The maximum Gasteiger partial charge on any atom is 0.410 e. The van der Waals surface area contributed by atoms with Gasteiger partial charge in [-0.1, -0.05) is 24.3 Å². The lowest BCUT2D eigenvalue weighted by Crippen LogP contribution is -2.44. The molecule has 0 aromatic heterocycles. The summed E-state index contributed by atoms with van der Waals surface area (Å²) in [4.78, 5) is 25.4. The van der Waals surface area contributed by atoms with Gasteiger partial charge in [0.05, 0.1) is 28.2 Å². The second kappa shape index (κ2) is 11.1. The lowest BCUT2D eigenvalue weighted by Gasteiger charge is -2.33. The Morgan fingerprint density at radius 1 is 1.16 bits per heavy atom. The molecule has 3 aromatic carbocycles. The number of aliphatic hydroxyl groups excluding tert-OH is 1. The van der Waals surface area contributed by atoms with Gasteiger partial charge in [0, 0.05) is 38.4 Å². The summed E-state index contributed by atoms with van der Waals surface area (Å²) in [6.45, 7) is 6.37. The number of carbonyl (C=O) groups excluding carboxylic acids is 1. The summed E-state index contributed by atoms with van der Waals surface area (Å²) in [6.07, 6.45) is -0.551. The molecule has 1 heterocycles. The number of piperidine rings is 1. The van der Waals surface area contributed by atoms with E-state index in [-0.39, 0.29) is 24.3 Å². The molecule has 1 saturated heterocycles. The van der Waals surface area contributed by atoms with Crippen molar-refractivity contribution in [3.05, 3.63) is 81.4 Å². The number of ether oxygens (including phenoxy) is 2. The van der Waals surface area contributed by atoms with E-state index in [1.165, 1.54) is 6.07 Å². The Morgan fingerprint density at radius 3 is 2.53 bits per heavy atom. The van der Waals surface area contributed by atoms with Crippen molar-refractivity contribution in [2.45, 2.75) is 57.8 Å². The summed E-state index contributed by atoms with van der Waals surface area (Å²) < 4.78 is 11.7. The van der Waals surface area contributed by atoms with Crippen LogP contribution in [0.4, 0.5) is 10.5 Å². The fourth-order valence-corrected chi connectivity index (χ4v) is 4.56. The zero-order valence-electron chi connectivity index (χ0n) is 21.7. The van der Waals surface area contributed by atoms with Gasteiger partial charge in [-0.25, -0.2) is 4.79 Å². The predicted octanol–water partition coefficient (Wildman–Crippen LogP) is 5.67. The number of nitrogens with zero attached hydrogens (tertiary/aromatic N) is 3. The summed E-state index contributed by atoms with van der Waals surface area (Å²) in [5.41, 5.74) is 0.705. The van der Waals surface area contributed by atoms with Crippen LogP contribution in [-0.4, -0.2) is 45.8 Å². The van der Waals surface area contributed by atoms with Crippen LogP contribution in [-0.2, 0) is 11.2 Å². The quantitative estimate of drug-likeness (QED) is 0.329. The van der Waals surface area contributed by atoms with Gasteiger partial charge in [0.25, 0.3) is 5.69 Å². The Labute approximate surface area is 221 Å². The Kier molecular flexibility index (Phi) is 7.83. The number of hydrogen-bond donors (Lipinski definition) is 1. The van der Waals surface area contributed by atoms with Gasteiger partial charge in [-0.15, -0.1) is 0 Å². The highest BCUT2D eigenvalue weighted by molar-refractivity contribution is 5.84. The van der Waals surface area contributed by atoms with Crippen LogP contribution in [0.5, 0.6) is 5.75 Å². The average Bonchev–Trinajstić information content (AvgIpc) is 2.88. The minimum absolute atomic E-state index is 0.0211. The summed E-state index contributed by atoms with van der Waals surface area (Å²) in [5, 5.41) is 33.9. The van der Waals surface area contributed by atoms with Crippen molar-refractivity contribution < 1.29 is 24.3 Å². The van der Waals surface area contributed by atoms with Crippen molar-refractivity contribution >= 4 is 22.6 Å². The summed E-state index contributed by atoms with van der Waals surface area (Å²) >= 11 is 0. The van der Waals surface area contributed by atoms with Crippen LogP contribution in [0.2, 0.25) is 0 Å². The number of amides is 1. The molecule has 0 saturated carbocycles. The molecule has 1 aliphatic rings. The number of nitriles is 1. The van der Waals surface area contributed by atoms with Gasteiger partial charge in [-0.2, -0.15) is 5.26 Å². The van der Waals surface area contributed by atoms with Gasteiger partial charge in [0.15, 0.2) is 0 Å². The van der Waals surface area contributed by atoms with E-state index in [0.717, 1.165) is 10.8 Å². The fourth-order valence-electron chi connectivity index (χ4n) is 4.56. The Balaban J connectivity index is 1.51. The van der Waals surface area contributed by atoms with Crippen molar-refractivity contribution in [3.8, 4) is 11.8 Å². The highest BCUT2D eigenvalue weighted by atomic mass is 16.6. The number of aliphatic hydroxyl groups is 1. The molecule has 0 aliphatic carbocycles. The molecule has 198 valence electrons. The van der Waals surface area contributed by atoms with Crippen LogP contribution in [0.1, 0.15) is 56.4 Å². The zero-order chi connectivity index (χ0) is 27.4. The first kappa shape index (κ1) is 26.9. The first-order valence-electron chi connectivity index (χ1n) is 12.6. The van der Waals surface area contributed by atoms with E-state index >= 15 is 0 Å². The van der Waals surface area contributed by atoms with Gasteiger partial charge in [-0.05, 0) is 61.4 Å². The second-order valence-corrected chi connectivity index (χ2v) is 10.4. The van der Waals surface area contributed by atoms with Crippen molar-refractivity contribution in [1.29, 1.82) is 5.26 Å². The summed E-state index contributed by atoms with van der Waals surface area (Å²) in [7, 11) is 0. The fraction of sp³-hybridized carbons (Fsp3) is 0.379. The maximum atomic E-state index is 12.4. The van der Waals surface area contributed by atoms with E-state index in [0.29, 0.717) is 48.4 Å². The van der Waals surface area contributed by atoms with Crippen molar-refractivity contribution in [1.82, 2.24) is 4.90 Å². The molecule has 0 spiro atoms. The van der Waals surface area contributed by atoms with E-state index in [1.807, 2.05) is 32.9 Å². The molecule has 0 bridgehead atoms. The lowest BCUT2D eigenvalue weighted by molar-refractivity contribution is -0.385. The number of likely N-dealkylation sites (tertiary alicyclic amines) is 1. The van der Waals surface area contributed by atoms with Crippen molar-refractivity contribution in [2.75, 3.05) is 13.1 Å². The van der Waals surface area contributed by atoms with E-state index in [1.54, 1.807) is 41.3 Å². The topological polar surface area (TPSA) is 126 Å². The molecule has 3 aromatic rings. The van der Waals surface area contributed by atoms with Crippen LogP contribution < -0.4 is 4.74 Å². The van der Waals surface area contributed by atoms with Crippen LogP contribution in [0.15, 0.2) is 54.6 Å². The Morgan fingerprint density at radius 2 is 1.87 bits per heavy atom. The molecule has 1 unspecified atom stereocenters. The van der Waals surface area contributed by atoms with E-state index < -0.39 is 16.6 Å². The van der Waals surface area contributed by atoms with Crippen molar-refractivity contribution in [3.63, 3.8) is 0 Å². The van der Waals surface area contributed by atoms with Gasteiger partial charge in [-0.3, -0.25) is 10.1 Å². The minimum atomic E-state index is -1.03. The minimum Gasteiger partial charge on any atom is -0.490 e. The van der Waals surface area contributed by atoms with Crippen LogP contribution in [0.3, 0.4) is 0 Å². The molecule has 4 rings (SSSR count). The summed E-state index contributed by atoms with van der Waals surface area (Å²) in [6, 6.07) is 17.5. The van der Waals surface area contributed by atoms with Crippen LogP contribution >= 0.6 is 0 Å². The number of nitro groups is 1. The molecule has 1 fully saturated rings. The molecule has 38 heavy (non-hydrogen) atoms. The Hall–Kier alpha value is -4.16. The molecule has 1 aliphatic heterocycles. The van der Waals surface area contributed by atoms with Gasteiger partial charge >= 0.3 is 6.09 Å². The molecule has 9 heteroatoms. The number of fused-ring (bicyclic) bond motifs is 1. The van der Waals surface area contributed by atoms with Crippen molar-refractivity contribution in [2.24, 2.45) is 0 Å². The molecule has 9 nitrogen and oxygen atoms in total. The van der Waals surface area contributed by atoms with Gasteiger partial charge in [0.2, 0.25) is 0 Å². The largest absolute Gasteiger partial charge is 0.490 e. The van der Waals surface area contributed by atoms with E-state index in [9.17, 15) is 25.3 Å². The molecule has 1 N–H and O–H groups in total. The third-order valence-electron chi connectivity index (χ3n) is 6.47. The molecular formula is C29H31N3O6. The van der Waals surface area contributed by atoms with E-state index in [4.69, 9.17) is 9.47 Å². The second-order valence-electron chi connectivity index (χ2n) is 10.4. The average molecular weight is 518 g/mol. The SMILES string of the molecule is CC(C)(C)OC(=O)N1CCC(Oc2cccc([N+](=O)[O-])c2CC(O)c2ccc3ccc(C#N)cc3c2)CC1. The Bertz CT molecular complexity index is 1380. The van der Waals surface area contributed by atoms with E-state index in [2.05, 4.69) is 6.07 Å². The molecular weight excluding hydrogens is 486 g/mol. The number of nitro benzene ring substituents is 1. The number of benzene rings is 3. The number of hydrogen-bond acceptors (Lipinski definition) is 7. The predicted molar refractivity (Wildman–Crippen MR) is 142 cm³/mol. The third kappa shape index (κ3) is 6.39.